The molecule has 2 unspecified atom stereocenters. The van der Waals surface area contributed by atoms with E-state index in [0.717, 1.165) is 6.54 Å². The Bertz CT molecular complexity index is 264. The van der Waals surface area contributed by atoms with Gasteiger partial charge in [-0.15, -0.1) is 0 Å². The number of nitrogens with one attached hydrogen (secondary N) is 1. The number of rotatable bonds is 4. The molecule has 2 atom stereocenters. The fourth-order valence-electron chi connectivity index (χ4n) is 0.440. The Morgan fingerprint density at radius 1 is 1.24 bits per heavy atom. The largest absolute Gasteiger partial charge is 0.479 e. The molecule has 0 amide bonds. The quantitative estimate of drug-likeness (QED) is 0.239. The minimum Gasteiger partial charge on any atom is -0.479 e. The molecule has 0 aliphatic heterocycles. The van der Waals surface area contributed by atoms with Crippen LogP contribution in [-0.2, 0) is 9.59 Å². The van der Waals surface area contributed by atoms with Gasteiger partial charge >= 0.3 is 11.9 Å². The van der Waals surface area contributed by atoms with E-state index in [4.69, 9.17) is 31.6 Å². The highest BCUT2D eigenvalue weighted by Gasteiger charge is 2.29. The molecule has 0 aromatic rings. The van der Waals surface area contributed by atoms with Crippen LogP contribution in [-0.4, -0.2) is 69.0 Å². The van der Waals surface area contributed by atoms with Gasteiger partial charge in [0.1, 0.15) is 0 Å². The normalized spacial score (nSPS) is 12.7. The van der Waals surface area contributed by atoms with Crippen molar-refractivity contribution in [3.05, 3.63) is 0 Å². The van der Waals surface area contributed by atoms with E-state index in [0.29, 0.717) is 0 Å². The second-order valence-corrected chi connectivity index (χ2v) is 2.97. The number of aliphatic hydroxyl groups is 2. The molecular formula is C8H17N3O6. The van der Waals surface area contributed by atoms with Crippen LogP contribution >= 0.6 is 0 Å². The summed E-state index contributed by atoms with van der Waals surface area (Å²) in [4.78, 5) is 21.2. The molecule has 0 aliphatic carbocycles. The first-order valence-electron chi connectivity index (χ1n) is 4.52. The number of carboxylic acids is 2. The molecule has 0 heterocycles. The highest BCUT2D eigenvalue weighted by Crippen LogP contribution is 1.92. The average Bonchev–Trinajstić information content (AvgIpc) is 2.26. The molecule has 0 aromatic carbocycles. The van der Waals surface area contributed by atoms with Gasteiger partial charge in [-0.1, -0.05) is 0 Å². The van der Waals surface area contributed by atoms with Gasteiger partial charge in [-0.25, -0.2) is 9.59 Å². The Morgan fingerprint density at radius 2 is 1.53 bits per heavy atom. The van der Waals surface area contributed by atoms with E-state index in [1.807, 2.05) is 6.92 Å². The third-order valence-corrected chi connectivity index (χ3v) is 1.69. The van der Waals surface area contributed by atoms with Gasteiger partial charge in [0.25, 0.3) is 0 Å². The number of carbonyl (C=O) groups is 2. The monoisotopic (exact) mass is 251 g/mol. The van der Waals surface area contributed by atoms with Crippen molar-refractivity contribution in [3.8, 4) is 0 Å². The molecule has 0 rings (SSSR count). The number of carboxylic acid groups (broad SMARTS) is 2. The SMILES string of the molecule is CCN(C)C(=N)N.O=C(O)C(O)C(O)C(=O)O. The summed E-state index contributed by atoms with van der Waals surface area (Å²) in [5.41, 5.74) is 5.06. The summed E-state index contributed by atoms with van der Waals surface area (Å²) >= 11 is 0. The highest BCUT2D eigenvalue weighted by atomic mass is 16.4. The number of nitrogens with two attached hydrogens (primary N) is 1. The van der Waals surface area contributed by atoms with Crippen LogP contribution in [0, 0.1) is 5.41 Å². The summed E-state index contributed by atoms with van der Waals surface area (Å²) in [7, 11) is 1.78. The first kappa shape index (κ1) is 17.5. The summed E-state index contributed by atoms with van der Waals surface area (Å²) < 4.78 is 0. The van der Waals surface area contributed by atoms with Crippen molar-refractivity contribution in [2.24, 2.45) is 5.73 Å². The molecule has 9 nitrogen and oxygen atoms in total. The summed E-state index contributed by atoms with van der Waals surface area (Å²) in [5.74, 6) is -3.41. The van der Waals surface area contributed by atoms with Gasteiger partial charge in [-0.05, 0) is 6.92 Å². The molecule has 0 aromatic heterocycles. The number of nitrogens with zero attached hydrogens (tertiary/aromatic N) is 1. The van der Waals surface area contributed by atoms with Gasteiger partial charge in [0.05, 0.1) is 0 Å². The molecule has 0 radical (unpaired) electrons. The first-order valence-corrected chi connectivity index (χ1v) is 4.52. The summed E-state index contributed by atoms with van der Waals surface area (Å²) in [6, 6.07) is 0. The van der Waals surface area contributed by atoms with Crippen molar-refractivity contribution < 1.29 is 30.0 Å². The summed E-state index contributed by atoms with van der Waals surface area (Å²) in [5, 5.41) is 39.3. The lowest BCUT2D eigenvalue weighted by Crippen LogP contribution is -2.39. The molecule has 0 aliphatic rings. The third kappa shape index (κ3) is 7.99. The van der Waals surface area contributed by atoms with Gasteiger partial charge < -0.3 is 31.1 Å². The van der Waals surface area contributed by atoms with Crippen LogP contribution in [0.3, 0.4) is 0 Å². The van der Waals surface area contributed by atoms with Crippen molar-refractivity contribution in [2.75, 3.05) is 13.6 Å². The van der Waals surface area contributed by atoms with Crippen molar-refractivity contribution in [1.29, 1.82) is 5.41 Å². The standard InChI is InChI=1S/C4H11N3.C4H6O6/c1-3-7(2)4(5)6;5-1(3(7)8)2(6)4(9)10/h3H2,1-2H3,(H3,5,6);1-2,5-6H,(H,7,8)(H,9,10). The molecule has 7 N–H and O–H groups in total. The van der Waals surface area contributed by atoms with E-state index in [1.54, 1.807) is 11.9 Å². The van der Waals surface area contributed by atoms with E-state index in [9.17, 15) is 9.59 Å². The van der Waals surface area contributed by atoms with E-state index in [-0.39, 0.29) is 5.96 Å². The van der Waals surface area contributed by atoms with Crippen molar-refractivity contribution in [3.63, 3.8) is 0 Å². The topological polar surface area (TPSA) is 168 Å². The van der Waals surface area contributed by atoms with E-state index in [1.165, 1.54) is 0 Å². The molecule has 17 heavy (non-hydrogen) atoms. The van der Waals surface area contributed by atoms with E-state index < -0.39 is 24.1 Å². The Morgan fingerprint density at radius 3 is 1.59 bits per heavy atom. The maximum Gasteiger partial charge on any atom is 0.335 e. The lowest BCUT2D eigenvalue weighted by Gasteiger charge is -2.11. The number of aliphatic carboxylic acids is 2. The molecule has 0 bridgehead atoms. The fraction of sp³-hybridized carbons (Fsp3) is 0.625. The summed E-state index contributed by atoms with van der Waals surface area (Å²) in [6.07, 6.45) is -4.53. The minimum atomic E-state index is -2.27. The van der Waals surface area contributed by atoms with Crippen LogP contribution in [0.5, 0.6) is 0 Å². The second kappa shape index (κ2) is 8.30. The van der Waals surface area contributed by atoms with Gasteiger partial charge in [0.15, 0.2) is 18.2 Å². The lowest BCUT2D eigenvalue weighted by molar-refractivity contribution is -0.165. The van der Waals surface area contributed by atoms with Crippen molar-refractivity contribution in [1.82, 2.24) is 4.90 Å². The molecule has 9 heteroatoms. The van der Waals surface area contributed by atoms with Crippen LogP contribution in [0.4, 0.5) is 0 Å². The van der Waals surface area contributed by atoms with Crippen LogP contribution in [0.25, 0.3) is 0 Å². The Kier molecular flexibility index (Phi) is 8.56. The van der Waals surface area contributed by atoms with Gasteiger partial charge in [-0.2, -0.15) is 0 Å². The molecular weight excluding hydrogens is 234 g/mol. The van der Waals surface area contributed by atoms with Gasteiger partial charge in [0, 0.05) is 13.6 Å². The molecule has 0 fully saturated rings. The number of hydrogen-bond donors (Lipinski definition) is 6. The summed E-state index contributed by atoms with van der Waals surface area (Å²) in [6.45, 7) is 2.75. The minimum absolute atomic E-state index is 0.127. The van der Waals surface area contributed by atoms with Crippen LogP contribution in [0.2, 0.25) is 0 Å². The average molecular weight is 251 g/mol. The number of guanidine groups is 1. The predicted molar refractivity (Wildman–Crippen MR) is 57.5 cm³/mol. The van der Waals surface area contributed by atoms with Crippen LogP contribution in [0.15, 0.2) is 0 Å². The second-order valence-electron chi connectivity index (χ2n) is 2.97. The van der Waals surface area contributed by atoms with Gasteiger partial charge in [0.2, 0.25) is 0 Å². The van der Waals surface area contributed by atoms with Crippen LogP contribution in [0.1, 0.15) is 6.92 Å². The van der Waals surface area contributed by atoms with Crippen molar-refractivity contribution in [2.45, 2.75) is 19.1 Å². The fourth-order valence-corrected chi connectivity index (χ4v) is 0.440. The van der Waals surface area contributed by atoms with E-state index in [2.05, 4.69) is 0 Å². The smallest absolute Gasteiger partial charge is 0.335 e. The molecule has 100 valence electrons. The molecule has 0 spiro atoms. The Labute approximate surface area is 97.6 Å². The highest BCUT2D eigenvalue weighted by molar-refractivity contribution is 5.83. The zero-order chi connectivity index (χ0) is 14.2. The number of hydrogen-bond acceptors (Lipinski definition) is 5. The maximum atomic E-state index is 9.77. The Hall–Kier alpha value is -1.87. The Balaban J connectivity index is 0. The maximum absolute atomic E-state index is 9.77. The first-order chi connectivity index (χ1) is 7.64. The third-order valence-electron chi connectivity index (χ3n) is 1.69. The van der Waals surface area contributed by atoms with Crippen LogP contribution < -0.4 is 5.73 Å². The zero-order valence-corrected chi connectivity index (χ0v) is 9.49. The molecule has 0 saturated carbocycles. The van der Waals surface area contributed by atoms with Gasteiger partial charge in [-0.3, -0.25) is 5.41 Å². The zero-order valence-electron chi connectivity index (χ0n) is 9.49. The molecule has 0 saturated heterocycles. The van der Waals surface area contributed by atoms with E-state index >= 15 is 0 Å². The lowest BCUT2D eigenvalue weighted by atomic mass is 10.2. The van der Waals surface area contributed by atoms with Crippen molar-refractivity contribution >= 4 is 17.9 Å². The predicted octanol–water partition coefficient (Wildman–Crippen LogP) is -2.29. The number of aliphatic hydroxyl groups excluding tert-OH is 2.